The van der Waals surface area contributed by atoms with Crippen molar-refractivity contribution in [3.63, 3.8) is 0 Å². The van der Waals surface area contributed by atoms with E-state index in [2.05, 4.69) is 15.5 Å². The fourth-order valence-electron chi connectivity index (χ4n) is 1.25. The fraction of sp³-hybridized carbons (Fsp3) is 0.182. The molecule has 0 aromatic carbocycles. The van der Waals surface area contributed by atoms with Gasteiger partial charge in [-0.15, -0.1) is 0 Å². The van der Waals surface area contributed by atoms with Crippen LogP contribution in [-0.2, 0) is 0 Å². The number of aryl methyl sites for hydroxylation is 1. The minimum atomic E-state index is -0.353. The summed E-state index contributed by atoms with van der Waals surface area (Å²) in [6.45, 7) is 3.52. The van der Waals surface area contributed by atoms with Gasteiger partial charge in [-0.3, -0.25) is 4.79 Å². The maximum Gasteiger partial charge on any atom is 0.279 e. The summed E-state index contributed by atoms with van der Waals surface area (Å²) in [5.74, 6) is 0.688. The number of hydrogen-bond acceptors (Lipinski definition) is 4. The molecule has 0 atom stereocenters. The second-order valence-corrected chi connectivity index (χ2v) is 3.96. The molecule has 2 aromatic rings. The smallest absolute Gasteiger partial charge is 0.279 e. The molecule has 0 saturated carbocycles. The molecule has 0 aliphatic carbocycles. The molecule has 2 rings (SSSR count). The van der Waals surface area contributed by atoms with Crippen LogP contribution in [0.4, 0.5) is 5.82 Å². The third-order valence-corrected chi connectivity index (χ3v) is 2.56. The molecule has 2 heterocycles. The lowest BCUT2D eigenvalue weighted by Crippen LogP contribution is -2.14. The summed E-state index contributed by atoms with van der Waals surface area (Å²) in [6, 6.07) is 3.26. The number of aromatic nitrogens is 2. The van der Waals surface area contributed by atoms with Crippen LogP contribution in [0.25, 0.3) is 0 Å². The molecule has 0 unspecified atom stereocenters. The first kappa shape index (κ1) is 11.6. The van der Waals surface area contributed by atoms with Gasteiger partial charge in [0.2, 0.25) is 0 Å². The van der Waals surface area contributed by atoms with E-state index in [9.17, 15) is 4.79 Å². The average Bonchev–Trinajstić information content (AvgIpc) is 2.63. The lowest BCUT2D eigenvalue weighted by Gasteiger charge is -2.01. The van der Waals surface area contributed by atoms with E-state index in [0.717, 1.165) is 5.56 Å². The number of nitrogens with one attached hydrogen (secondary N) is 1. The largest absolute Gasteiger partial charge is 0.361 e. The molecule has 2 aromatic heterocycles. The van der Waals surface area contributed by atoms with E-state index in [1.54, 1.807) is 26.0 Å². The van der Waals surface area contributed by atoms with Gasteiger partial charge in [-0.25, -0.2) is 4.98 Å². The van der Waals surface area contributed by atoms with Gasteiger partial charge >= 0.3 is 0 Å². The Kier molecular flexibility index (Phi) is 3.10. The summed E-state index contributed by atoms with van der Waals surface area (Å²) in [6.07, 6.45) is 1.46. The van der Waals surface area contributed by atoms with Crippen LogP contribution >= 0.6 is 11.6 Å². The number of hydrogen-bond donors (Lipinski definition) is 1. The first-order valence-electron chi connectivity index (χ1n) is 4.93. The lowest BCUT2D eigenvalue weighted by atomic mass is 10.2. The zero-order valence-electron chi connectivity index (χ0n) is 9.32. The van der Waals surface area contributed by atoms with E-state index in [1.807, 2.05) is 0 Å². The highest BCUT2D eigenvalue weighted by Crippen LogP contribution is 2.14. The van der Waals surface area contributed by atoms with Crippen molar-refractivity contribution >= 4 is 23.3 Å². The van der Waals surface area contributed by atoms with Crippen molar-refractivity contribution in [2.45, 2.75) is 13.8 Å². The van der Waals surface area contributed by atoms with Crippen molar-refractivity contribution in [1.29, 1.82) is 0 Å². The Morgan fingerprint density at radius 1 is 1.41 bits per heavy atom. The Hall–Kier alpha value is -1.88. The van der Waals surface area contributed by atoms with Crippen LogP contribution in [0.2, 0.25) is 5.02 Å². The third-order valence-electron chi connectivity index (χ3n) is 2.34. The molecular weight excluding hydrogens is 242 g/mol. The van der Waals surface area contributed by atoms with Gasteiger partial charge in [-0.2, -0.15) is 0 Å². The predicted octanol–water partition coefficient (Wildman–Crippen LogP) is 2.59. The van der Waals surface area contributed by atoms with Crippen LogP contribution < -0.4 is 5.32 Å². The molecular formula is C11H10ClN3O2. The topological polar surface area (TPSA) is 68.0 Å². The van der Waals surface area contributed by atoms with Crippen molar-refractivity contribution in [1.82, 2.24) is 10.1 Å². The summed E-state index contributed by atoms with van der Waals surface area (Å²) in [4.78, 5) is 15.8. The van der Waals surface area contributed by atoms with Gasteiger partial charge in [0.05, 0.1) is 5.02 Å². The third kappa shape index (κ3) is 2.45. The molecule has 0 radical (unpaired) electrons. The van der Waals surface area contributed by atoms with Crippen molar-refractivity contribution in [2.24, 2.45) is 0 Å². The Bertz CT molecular complexity index is 548. The van der Waals surface area contributed by atoms with E-state index in [4.69, 9.17) is 16.1 Å². The number of amides is 1. The van der Waals surface area contributed by atoms with Gasteiger partial charge in [0.1, 0.15) is 11.6 Å². The molecule has 0 aliphatic rings. The number of halogens is 1. The second kappa shape index (κ2) is 4.55. The summed E-state index contributed by atoms with van der Waals surface area (Å²) < 4.78 is 4.92. The molecule has 0 fully saturated rings. The number of carbonyl (C=O) groups excluding carboxylic acids is 1. The summed E-state index contributed by atoms with van der Waals surface area (Å²) >= 11 is 5.69. The van der Waals surface area contributed by atoms with Crippen molar-refractivity contribution in [3.05, 3.63) is 40.4 Å². The summed E-state index contributed by atoms with van der Waals surface area (Å²) in [7, 11) is 0. The zero-order chi connectivity index (χ0) is 12.4. The lowest BCUT2D eigenvalue weighted by molar-refractivity contribution is 0.101. The summed E-state index contributed by atoms with van der Waals surface area (Å²) in [5.41, 5.74) is 0.982. The summed E-state index contributed by atoms with van der Waals surface area (Å²) in [5, 5.41) is 6.81. The minimum absolute atomic E-state index is 0.263. The molecule has 0 aliphatic heterocycles. The Balaban J connectivity index is 2.17. The molecule has 1 amide bonds. The van der Waals surface area contributed by atoms with Gasteiger partial charge in [0, 0.05) is 11.8 Å². The normalized spacial score (nSPS) is 10.3. The Morgan fingerprint density at radius 3 is 2.71 bits per heavy atom. The quantitative estimate of drug-likeness (QED) is 0.891. The molecule has 6 heteroatoms. The van der Waals surface area contributed by atoms with E-state index in [1.165, 1.54) is 6.20 Å². The number of carbonyl (C=O) groups is 1. The van der Waals surface area contributed by atoms with Gasteiger partial charge in [-0.1, -0.05) is 16.8 Å². The highest BCUT2D eigenvalue weighted by Gasteiger charge is 2.16. The number of pyridine rings is 1. The van der Waals surface area contributed by atoms with Crippen LogP contribution in [0.3, 0.4) is 0 Å². The predicted molar refractivity (Wildman–Crippen MR) is 63.2 cm³/mol. The number of nitrogens with zero attached hydrogens (tertiary/aromatic N) is 2. The van der Waals surface area contributed by atoms with Crippen molar-refractivity contribution in [3.8, 4) is 0 Å². The standard InChI is InChI=1S/C11H10ClN3O2/c1-6-7(2)17-15-10(6)11(16)14-9-4-3-8(12)5-13-9/h3-5H,1-2H3,(H,13,14,16). The Morgan fingerprint density at radius 2 is 2.18 bits per heavy atom. The Labute approximate surface area is 103 Å². The van der Waals surface area contributed by atoms with Crippen LogP contribution in [0.5, 0.6) is 0 Å². The van der Waals surface area contributed by atoms with E-state index in [0.29, 0.717) is 16.6 Å². The number of anilines is 1. The van der Waals surface area contributed by atoms with Gasteiger partial charge < -0.3 is 9.84 Å². The average molecular weight is 252 g/mol. The van der Waals surface area contributed by atoms with Gasteiger partial charge in [0.25, 0.3) is 5.91 Å². The van der Waals surface area contributed by atoms with Crippen LogP contribution in [0.1, 0.15) is 21.8 Å². The molecule has 0 spiro atoms. The first-order valence-corrected chi connectivity index (χ1v) is 5.31. The van der Waals surface area contributed by atoms with Crippen LogP contribution in [0.15, 0.2) is 22.9 Å². The van der Waals surface area contributed by atoms with Crippen LogP contribution in [-0.4, -0.2) is 16.0 Å². The monoisotopic (exact) mass is 251 g/mol. The van der Waals surface area contributed by atoms with E-state index < -0.39 is 0 Å². The highest BCUT2D eigenvalue weighted by atomic mass is 35.5. The maximum absolute atomic E-state index is 11.8. The van der Waals surface area contributed by atoms with E-state index in [-0.39, 0.29) is 11.6 Å². The first-order chi connectivity index (χ1) is 8.08. The van der Waals surface area contributed by atoms with Gasteiger partial charge in [-0.05, 0) is 26.0 Å². The number of rotatable bonds is 2. The molecule has 88 valence electrons. The van der Waals surface area contributed by atoms with Crippen molar-refractivity contribution in [2.75, 3.05) is 5.32 Å². The second-order valence-electron chi connectivity index (χ2n) is 3.53. The molecule has 1 N–H and O–H groups in total. The van der Waals surface area contributed by atoms with E-state index >= 15 is 0 Å². The zero-order valence-corrected chi connectivity index (χ0v) is 10.1. The molecule has 5 nitrogen and oxygen atoms in total. The minimum Gasteiger partial charge on any atom is -0.361 e. The fourth-order valence-corrected chi connectivity index (χ4v) is 1.37. The van der Waals surface area contributed by atoms with Gasteiger partial charge in [0.15, 0.2) is 5.69 Å². The highest BCUT2D eigenvalue weighted by molar-refractivity contribution is 6.30. The van der Waals surface area contributed by atoms with Crippen molar-refractivity contribution < 1.29 is 9.32 Å². The SMILES string of the molecule is Cc1onc(C(=O)Nc2ccc(Cl)cn2)c1C. The maximum atomic E-state index is 11.8. The molecule has 0 saturated heterocycles. The molecule has 0 bridgehead atoms. The molecule has 17 heavy (non-hydrogen) atoms. The van der Waals surface area contributed by atoms with Crippen LogP contribution in [0, 0.1) is 13.8 Å².